The van der Waals surface area contributed by atoms with Crippen LogP contribution in [0.15, 0.2) is 24.5 Å². The lowest BCUT2D eigenvalue weighted by molar-refractivity contribution is 0.0254. The summed E-state index contributed by atoms with van der Waals surface area (Å²) in [6.45, 7) is 3.36. The Morgan fingerprint density at radius 3 is 3.00 bits per heavy atom. The number of pyridine rings is 1. The quantitative estimate of drug-likeness (QED) is 0.804. The van der Waals surface area contributed by atoms with E-state index in [0.717, 1.165) is 37.3 Å². The third-order valence-electron chi connectivity index (χ3n) is 3.58. The molecule has 1 aliphatic heterocycles. The summed E-state index contributed by atoms with van der Waals surface area (Å²) in [5.41, 5.74) is 1.50. The van der Waals surface area contributed by atoms with Crippen LogP contribution in [0, 0.1) is 0 Å². The van der Waals surface area contributed by atoms with Crippen LogP contribution in [0.5, 0.6) is 5.75 Å². The van der Waals surface area contributed by atoms with E-state index in [1.807, 2.05) is 25.3 Å². The van der Waals surface area contributed by atoms with Crippen LogP contribution in [-0.2, 0) is 4.74 Å². The molecular formula is C15H18N2O3. The van der Waals surface area contributed by atoms with Gasteiger partial charge in [0.25, 0.3) is 0 Å². The van der Waals surface area contributed by atoms with E-state index in [4.69, 9.17) is 9.47 Å². The van der Waals surface area contributed by atoms with E-state index in [-0.39, 0.29) is 11.9 Å². The van der Waals surface area contributed by atoms with Crippen LogP contribution in [0.1, 0.15) is 36.5 Å². The number of ether oxygens (including phenoxy) is 2. The van der Waals surface area contributed by atoms with Gasteiger partial charge in [0, 0.05) is 19.3 Å². The highest BCUT2D eigenvalue weighted by Gasteiger charge is 2.16. The topological polar surface area (TPSA) is 52.8 Å². The molecule has 5 heteroatoms. The Bertz CT molecular complexity index is 615. The van der Waals surface area contributed by atoms with Gasteiger partial charge in [0.1, 0.15) is 11.9 Å². The average Bonchev–Trinajstić information content (AvgIpc) is 2.90. The minimum Gasteiger partial charge on any atom is -0.489 e. The van der Waals surface area contributed by atoms with E-state index in [1.54, 1.807) is 10.7 Å². The third kappa shape index (κ3) is 2.54. The van der Waals surface area contributed by atoms with Crippen molar-refractivity contribution < 1.29 is 14.3 Å². The molecule has 106 valence electrons. The van der Waals surface area contributed by atoms with Crippen molar-refractivity contribution in [3.05, 3.63) is 30.1 Å². The van der Waals surface area contributed by atoms with Gasteiger partial charge in [0.15, 0.2) is 5.78 Å². The molecule has 1 aliphatic rings. The van der Waals surface area contributed by atoms with Crippen LogP contribution in [0.3, 0.4) is 0 Å². The van der Waals surface area contributed by atoms with Crippen LogP contribution in [0.4, 0.5) is 0 Å². The molecule has 0 aliphatic carbocycles. The largest absolute Gasteiger partial charge is 0.489 e. The number of carbonyl (C=O) groups excluding carboxylic acids is 1. The number of rotatable bonds is 4. The summed E-state index contributed by atoms with van der Waals surface area (Å²) in [6.07, 6.45) is 5.97. The lowest BCUT2D eigenvalue weighted by Crippen LogP contribution is -2.25. The van der Waals surface area contributed by atoms with Gasteiger partial charge in [-0.3, -0.25) is 4.79 Å². The fourth-order valence-electron chi connectivity index (χ4n) is 2.43. The maximum absolute atomic E-state index is 11.8. The first-order chi connectivity index (χ1) is 9.78. The molecule has 0 saturated carbocycles. The summed E-state index contributed by atoms with van der Waals surface area (Å²) in [7, 11) is 0. The van der Waals surface area contributed by atoms with Crippen molar-refractivity contribution in [3.8, 4) is 5.75 Å². The first kappa shape index (κ1) is 13.1. The minimum absolute atomic E-state index is 0.109. The number of ketones is 1. The Hall–Kier alpha value is -1.88. The molecule has 0 unspecified atom stereocenters. The zero-order chi connectivity index (χ0) is 13.9. The zero-order valence-corrected chi connectivity index (χ0v) is 11.5. The lowest BCUT2D eigenvalue weighted by atomic mass is 10.1. The number of hydrogen-bond donors (Lipinski definition) is 0. The molecule has 0 spiro atoms. The maximum Gasteiger partial charge on any atom is 0.166 e. The SMILES string of the molecule is CCC(=O)c1cnn2cc(OC3CCOCC3)ccc12. The van der Waals surface area contributed by atoms with Crippen LogP contribution < -0.4 is 4.74 Å². The van der Waals surface area contributed by atoms with Crippen molar-refractivity contribution in [1.29, 1.82) is 0 Å². The van der Waals surface area contributed by atoms with Gasteiger partial charge in [-0.15, -0.1) is 0 Å². The molecule has 0 amide bonds. The summed E-state index contributed by atoms with van der Waals surface area (Å²) in [4.78, 5) is 11.8. The Labute approximate surface area is 117 Å². The second-order valence-electron chi connectivity index (χ2n) is 4.96. The number of carbonyl (C=O) groups is 1. The van der Waals surface area contributed by atoms with Gasteiger partial charge in [0.2, 0.25) is 0 Å². The van der Waals surface area contributed by atoms with Crippen LogP contribution in [0.25, 0.3) is 5.52 Å². The molecule has 0 bridgehead atoms. The molecule has 5 nitrogen and oxygen atoms in total. The average molecular weight is 274 g/mol. The molecule has 1 fully saturated rings. The van der Waals surface area contributed by atoms with Crippen molar-refractivity contribution in [2.45, 2.75) is 32.3 Å². The summed E-state index contributed by atoms with van der Waals surface area (Å²) in [5.74, 6) is 0.890. The Balaban J connectivity index is 1.82. The summed E-state index contributed by atoms with van der Waals surface area (Å²) >= 11 is 0. The normalized spacial score (nSPS) is 16.4. The molecule has 3 heterocycles. The molecule has 2 aromatic rings. The van der Waals surface area contributed by atoms with Gasteiger partial charge in [-0.25, -0.2) is 4.52 Å². The maximum atomic E-state index is 11.8. The van der Waals surface area contributed by atoms with E-state index >= 15 is 0 Å². The first-order valence-corrected chi connectivity index (χ1v) is 7.03. The number of nitrogens with zero attached hydrogens (tertiary/aromatic N) is 2. The van der Waals surface area contributed by atoms with Crippen molar-refractivity contribution in [2.75, 3.05) is 13.2 Å². The summed E-state index contributed by atoms with van der Waals surface area (Å²) in [5, 5.41) is 4.23. The summed E-state index contributed by atoms with van der Waals surface area (Å²) in [6, 6.07) is 3.80. The minimum atomic E-state index is 0.109. The predicted octanol–water partition coefficient (Wildman–Crippen LogP) is 2.48. The highest BCUT2D eigenvalue weighted by molar-refractivity contribution is 6.01. The monoisotopic (exact) mass is 274 g/mol. The van der Waals surface area contributed by atoms with Gasteiger partial charge in [-0.2, -0.15) is 5.10 Å². The highest BCUT2D eigenvalue weighted by atomic mass is 16.5. The number of hydrogen-bond acceptors (Lipinski definition) is 4. The lowest BCUT2D eigenvalue weighted by Gasteiger charge is -2.23. The molecule has 1 saturated heterocycles. The van der Waals surface area contributed by atoms with Crippen molar-refractivity contribution in [2.24, 2.45) is 0 Å². The second-order valence-corrected chi connectivity index (χ2v) is 4.96. The fraction of sp³-hybridized carbons (Fsp3) is 0.467. The molecule has 3 rings (SSSR count). The molecule has 0 radical (unpaired) electrons. The standard InChI is InChI=1S/C15H18N2O3/c1-2-15(18)13-9-16-17-10-12(3-4-14(13)17)20-11-5-7-19-8-6-11/h3-4,9-11H,2,5-8H2,1H3. The molecule has 0 atom stereocenters. The summed E-state index contributed by atoms with van der Waals surface area (Å²) < 4.78 is 13.0. The first-order valence-electron chi connectivity index (χ1n) is 7.03. The molecule has 0 aromatic carbocycles. The molecule has 0 N–H and O–H groups in total. The molecular weight excluding hydrogens is 256 g/mol. The number of aromatic nitrogens is 2. The van der Waals surface area contributed by atoms with E-state index < -0.39 is 0 Å². The predicted molar refractivity (Wildman–Crippen MR) is 74.3 cm³/mol. The Morgan fingerprint density at radius 2 is 2.25 bits per heavy atom. The van der Waals surface area contributed by atoms with Crippen molar-refractivity contribution in [1.82, 2.24) is 9.61 Å². The number of fused-ring (bicyclic) bond motifs is 1. The zero-order valence-electron chi connectivity index (χ0n) is 11.5. The second kappa shape index (κ2) is 5.63. The third-order valence-corrected chi connectivity index (χ3v) is 3.58. The van der Waals surface area contributed by atoms with Crippen molar-refractivity contribution in [3.63, 3.8) is 0 Å². The number of Topliss-reactive ketones (excluding diaryl/α,β-unsaturated/α-hetero) is 1. The van der Waals surface area contributed by atoms with E-state index in [0.29, 0.717) is 12.0 Å². The van der Waals surface area contributed by atoms with Gasteiger partial charge in [0.05, 0.1) is 36.7 Å². The van der Waals surface area contributed by atoms with Gasteiger partial charge < -0.3 is 9.47 Å². The van der Waals surface area contributed by atoms with Crippen LogP contribution in [-0.4, -0.2) is 34.7 Å². The highest BCUT2D eigenvalue weighted by Crippen LogP contribution is 2.21. The van der Waals surface area contributed by atoms with Crippen LogP contribution >= 0.6 is 0 Å². The molecule has 20 heavy (non-hydrogen) atoms. The van der Waals surface area contributed by atoms with E-state index in [9.17, 15) is 4.79 Å². The van der Waals surface area contributed by atoms with Crippen LogP contribution in [0.2, 0.25) is 0 Å². The van der Waals surface area contributed by atoms with E-state index in [2.05, 4.69) is 5.10 Å². The smallest absolute Gasteiger partial charge is 0.166 e. The fourth-order valence-corrected chi connectivity index (χ4v) is 2.43. The van der Waals surface area contributed by atoms with Gasteiger partial charge in [-0.05, 0) is 12.1 Å². The van der Waals surface area contributed by atoms with Crippen molar-refractivity contribution >= 4 is 11.3 Å². The van der Waals surface area contributed by atoms with Gasteiger partial charge in [-0.1, -0.05) is 6.92 Å². The Morgan fingerprint density at radius 1 is 1.45 bits per heavy atom. The molecule has 2 aromatic heterocycles. The Kier molecular flexibility index (Phi) is 3.69. The van der Waals surface area contributed by atoms with E-state index in [1.165, 1.54) is 0 Å². The van der Waals surface area contributed by atoms with Gasteiger partial charge >= 0.3 is 0 Å².